The third-order valence-electron chi connectivity index (χ3n) is 1.71. The Balaban J connectivity index is 0. The van der Waals surface area contributed by atoms with Crippen molar-refractivity contribution in [3.63, 3.8) is 0 Å². The summed E-state index contributed by atoms with van der Waals surface area (Å²) < 4.78 is 33.9. The maximum absolute atomic E-state index is 8.50. The molecular formula is C9H21ClO5SiTi. The number of alkyl halides is 1. The van der Waals surface area contributed by atoms with E-state index < -0.39 is 27.9 Å². The Morgan fingerprint density at radius 2 is 1.35 bits per heavy atom. The van der Waals surface area contributed by atoms with E-state index in [0.717, 1.165) is 12.5 Å². The first-order chi connectivity index (χ1) is 8.16. The first kappa shape index (κ1) is 20.0. The van der Waals surface area contributed by atoms with Crippen molar-refractivity contribution in [1.29, 1.82) is 0 Å². The van der Waals surface area contributed by atoms with Gasteiger partial charge in [-0.25, -0.2) is 0 Å². The van der Waals surface area contributed by atoms with Gasteiger partial charge in [-0.3, -0.25) is 0 Å². The van der Waals surface area contributed by atoms with Crippen LogP contribution in [0.3, 0.4) is 0 Å². The third-order valence-corrected chi connectivity index (χ3v) is 5.13. The minimum atomic E-state index is -2.40. The molecule has 0 radical (unpaired) electrons. The fraction of sp³-hybridized carbons (Fsp3) is 1.00. The molecule has 0 N–H and O–H groups in total. The van der Waals surface area contributed by atoms with E-state index in [4.69, 9.17) is 31.5 Å². The summed E-state index contributed by atoms with van der Waals surface area (Å²) in [5, 5.41) is 0. The van der Waals surface area contributed by atoms with Crippen molar-refractivity contribution in [1.82, 2.24) is 0 Å². The molecule has 102 valence electrons. The van der Waals surface area contributed by atoms with E-state index in [9.17, 15) is 0 Å². The normalized spacial score (nSPS) is 10.4. The van der Waals surface area contributed by atoms with Crippen molar-refractivity contribution in [3.8, 4) is 0 Å². The van der Waals surface area contributed by atoms with E-state index >= 15 is 0 Å². The van der Waals surface area contributed by atoms with Gasteiger partial charge in [-0.15, -0.1) is 11.6 Å². The Hall–Kier alpha value is 0.701. The van der Waals surface area contributed by atoms with E-state index in [2.05, 4.69) is 0 Å². The predicted octanol–water partition coefficient (Wildman–Crippen LogP) is 2.42. The van der Waals surface area contributed by atoms with Crippen LogP contribution in [0.25, 0.3) is 0 Å². The second kappa shape index (κ2) is 14.8. The molecule has 0 rings (SSSR count). The molecule has 0 bridgehead atoms. The van der Waals surface area contributed by atoms with Gasteiger partial charge in [-0.2, -0.15) is 0 Å². The summed E-state index contributed by atoms with van der Waals surface area (Å²) >= 11 is 3.66. The maximum atomic E-state index is 8.50. The summed E-state index contributed by atoms with van der Waals surface area (Å²) in [6.45, 7) is 7.78. The summed E-state index contributed by atoms with van der Waals surface area (Å²) in [6.07, 6.45) is 0.883. The van der Waals surface area contributed by atoms with Crippen LogP contribution in [0.1, 0.15) is 27.2 Å². The number of rotatable bonds is 9. The van der Waals surface area contributed by atoms with Crippen LogP contribution in [0.4, 0.5) is 0 Å². The molecule has 0 fully saturated rings. The molecule has 0 heterocycles. The van der Waals surface area contributed by atoms with Gasteiger partial charge in [0, 0.05) is 31.7 Å². The first-order valence-corrected chi connectivity index (χ1v) is 9.37. The number of halogens is 1. The molecular weight excluding hydrogens is 300 g/mol. The zero-order valence-electron chi connectivity index (χ0n) is 10.7. The van der Waals surface area contributed by atoms with E-state index in [1.54, 1.807) is 0 Å². The van der Waals surface area contributed by atoms with Crippen LogP contribution >= 0.6 is 11.6 Å². The van der Waals surface area contributed by atoms with Gasteiger partial charge in [-0.1, -0.05) is 0 Å². The average Bonchev–Trinajstić information content (AvgIpc) is 2.29. The summed E-state index contributed by atoms with van der Waals surface area (Å²) in [5.41, 5.74) is 0. The zero-order chi connectivity index (χ0) is 13.6. The van der Waals surface area contributed by atoms with Crippen LogP contribution < -0.4 is 0 Å². The summed E-state index contributed by atoms with van der Waals surface area (Å²) in [4.78, 5) is 0. The molecule has 0 aromatic heterocycles. The molecule has 0 aliphatic heterocycles. The first-order valence-electron chi connectivity index (χ1n) is 5.63. The number of hydrogen-bond donors (Lipinski definition) is 0. The van der Waals surface area contributed by atoms with Gasteiger partial charge in [0.15, 0.2) is 0 Å². The molecule has 0 aromatic carbocycles. The second-order valence-corrected chi connectivity index (χ2v) is 6.23. The Morgan fingerprint density at radius 1 is 1.00 bits per heavy atom. The molecule has 17 heavy (non-hydrogen) atoms. The van der Waals surface area contributed by atoms with Crippen LogP contribution in [-0.4, -0.2) is 34.5 Å². The standard InChI is InChI=1S/C9H21ClO3Si.2O.Ti/c1-4-11-14(12-5-2,13-6-3)9-7-8-10;;;/h4-9H2,1-3H3;;;. The second-order valence-electron chi connectivity index (χ2n) is 2.86. The molecule has 0 aromatic rings. The van der Waals surface area contributed by atoms with Crippen LogP contribution in [0.15, 0.2) is 0 Å². The van der Waals surface area contributed by atoms with Crippen LogP contribution in [0, 0.1) is 0 Å². The molecule has 0 aliphatic rings. The fourth-order valence-corrected chi connectivity index (χ4v) is 4.25. The van der Waals surface area contributed by atoms with Crippen LogP contribution in [0.2, 0.25) is 6.04 Å². The molecule has 0 amide bonds. The molecule has 0 saturated carbocycles. The Bertz CT molecular complexity index is 185. The zero-order valence-corrected chi connectivity index (χ0v) is 14.0. The topological polar surface area (TPSA) is 61.8 Å². The molecule has 0 aliphatic carbocycles. The Morgan fingerprint density at radius 3 is 1.59 bits per heavy atom. The van der Waals surface area contributed by atoms with Gasteiger partial charge in [0.1, 0.15) is 0 Å². The molecule has 0 unspecified atom stereocenters. The van der Waals surface area contributed by atoms with Crippen molar-refractivity contribution >= 4 is 20.4 Å². The SMILES string of the molecule is CCO[Si](CCCCl)(OCC)OCC.[O]=[Ti]=[O]. The number of hydrogen-bond acceptors (Lipinski definition) is 5. The van der Waals surface area contributed by atoms with Gasteiger partial charge in [-0.05, 0) is 27.2 Å². The minimum absolute atomic E-state index is 0.627. The molecule has 0 atom stereocenters. The molecule has 0 spiro atoms. The molecule has 0 saturated heterocycles. The van der Waals surface area contributed by atoms with Gasteiger partial charge >= 0.3 is 34.5 Å². The predicted molar refractivity (Wildman–Crippen MR) is 62.1 cm³/mol. The monoisotopic (exact) mass is 320 g/mol. The van der Waals surface area contributed by atoms with E-state index in [1.165, 1.54) is 0 Å². The van der Waals surface area contributed by atoms with E-state index in [-0.39, 0.29) is 0 Å². The van der Waals surface area contributed by atoms with Gasteiger partial charge in [0.25, 0.3) is 0 Å². The summed E-state index contributed by atoms with van der Waals surface area (Å²) in [6, 6.07) is 0.812. The van der Waals surface area contributed by atoms with Crippen molar-refractivity contribution in [2.24, 2.45) is 0 Å². The quantitative estimate of drug-likeness (QED) is 0.482. The Kier molecular flexibility index (Phi) is 17.4. The fourth-order valence-electron chi connectivity index (χ4n) is 1.28. The third kappa shape index (κ3) is 11.5. The Labute approximate surface area is 118 Å². The van der Waals surface area contributed by atoms with Gasteiger partial charge in [0.05, 0.1) is 0 Å². The van der Waals surface area contributed by atoms with Gasteiger partial charge < -0.3 is 13.3 Å². The van der Waals surface area contributed by atoms with Gasteiger partial charge in [0.2, 0.25) is 0 Å². The van der Waals surface area contributed by atoms with Crippen molar-refractivity contribution in [2.75, 3.05) is 25.7 Å². The van der Waals surface area contributed by atoms with Crippen molar-refractivity contribution in [2.45, 2.75) is 33.2 Å². The summed E-state index contributed by atoms with van der Waals surface area (Å²) in [7, 11) is -2.40. The average molecular weight is 321 g/mol. The van der Waals surface area contributed by atoms with Crippen LogP contribution in [0.5, 0.6) is 0 Å². The summed E-state index contributed by atoms with van der Waals surface area (Å²) in [5.74, 6) is 0.627. The van der Waals surface area contributed by atoms with E-state index in [1.807, 2.05) is 20.8 Å². The van der Waals surface area contributed by atoms with E-state index in [0.29, 0.717) is 25.7 Å². The molecule has 8 heteroatoms. The van der Waals surface area contributed by atoms with Crippen molar-refractivity contribution in [3.05, 3.63) is 0 Å². The molecule has 5 nitrogen and oxygen atoms in total. The van der Waals surface area contributed by atoms with Crippen molar-refractivity contribution < 1.29 is 39.0 Å². The van der Waals surface area contributed by atoms with Crippen LogP contribution in [-0.2, 0) is 39.0 Å².